The Hall–Kier alpha value is -3.92. The number of benzene rings is 2. The van der Waals surface area contributed by atoms with E-state index in [1.807, 2.05) is 24.3 Å². The van der Waals surface area contributed by atoms with Gasteiger partial charge in [-0.15, -0.1) is 6.42 Å². The van der Waals surface area contributed by atoms with Gasteiger partial charge < -0.3 is 15.4 Å². The number of amides is 1. The van der Waals surface area contributed by atoms with Crippen LogP contribution in [0.1, 0.15) is 36.5 Å². The quantitative estimate of drug-likeness (QED) is 0.460. The number of terminal acetylenes is 1. The molecule has 7 nitrogen and oxygen atoms in total. The number of aromatic nitrogens is 2. The lowest BCUT2D eigenvalue weighted by Gasteiger charge is -2.21. The molecule has 0 saturated heterocycles. The van der Waals surface area contributed by atoms with Crippen LogP contribution >= 0.6 is 0 Å². The third-order valence-electron chi connectivity index (χ3n) is 5.77. The highest BCUT2D eigenvalue weighted by Crippen LogP contribution is 2.33. The van der Waals surface area contributed by atoms with Crippen molar-refractivity contribution in [2.75, 3.05) is 12.4 Å². The molecule has 2 aromatic carbocycles. The van der Waals surface area contributed by atoms with Gasteiger partial charge in [0, 0.05) is 34.8 Å². The van der Waals surface area contributed by atoms with Gasteiger partial charge in [-0.1, -0.05) is 6.07 Å². The van der Waals surface area contributed by atoms with Gasteiger partial charge in [-0.3, -0.25) is 9.59 Å². The van der Waals surface area contributed by atoms with Crippen LogP contribution in [0.2, 0.25) is 0 Å². The zero-order chi connectivity index (χ0) is 22.7. The maximum atomic E-state index is 11.8. The smallest absolute Gasteiger partial charge is 0.295 e. The number of carbonyl (C=O) groups excluding carboxylic acids is 2. The van der Waals surface area contributed by atoms with E-state index in [0.717, 1.165) is 41.3 Å². The maximum absolute atomic E-state index is 11.8. The van der Waals surface area contributed by atoms with Crippen LogP contribution in [0.4, 0.5) is 5.95 Å². The minimum absolute atomic E-state index is 0.00241. The third-order valence-corrected chi connectivity index (χ3v) is 5.77. The van der Waals surface area contributed by atoms with Crippen molar-refractivity contribution in [1.29, 1.82) is 0 Å². The fourth-order valence-corrected chi connectivity index (χ4v) is 4.10. The van der Waals surface area contributed by atoms with Crippen molar-refractivity contribution in [3.05, 3.63) is 48.2 Å². The summed E-state index contributed by atoms with van der Waals surface area (Å²) in [5, 5.41) is 7.06. The van der Waals surface area contributed by atoms with Gasteiger partial charge in [0.15, 0.2) is 5.78 Å². The number of nitrogens with one attached hydrogen (secondary N) is 2. The lowest BCUT2D eigenvalue weighted by molar-refractivity contribution is -0.116. The molecule has 3 aromatic rings. The fraction of sp³-hybridized carbons (Fsp3) is 0.280. The van der Waals surface area contributed by atoms with Crippen molar-refractivity contribution >= 4 is 28.5 Å². The second-order valence-corrected chi connectivity index (χ2v) is 7.84. The van der Waals surface area contributed by atoms with Gasteiger partial charge in [0.05, 0.1) is 12.6 Å². The lowest BCUT2D eigenvalue weighted by Crippen LogP contribution is -2.43. The third kappa shape index (κ3) is 4.40. The summed E-state index contributed by atoms with van der Waals surface area (Å²) in [6.07, 6.45) is 9.70. The lowest BCUT2D eigenvalue weighted by atomic mass is 9.99. The summed E-state index contributed by atoms with van der Waals surface area (Å²) < 4.78 is 5.49. The first kappa shape index (κ1) is 21.3. The number of hydrogen-bond acceptors (Lipinski definition) is 6. The molecule has 1 fully saturated rings. The largest absolute Gasteiger partial charge is 0.496 e. The number of methoxy groups -OCH3 is 1. The van der Waals surface area contributed by atoms with Gasteiger partial charge in [0.25, 0.3) is 5.91 Å². The first-order valence-corrected chi connectivity index (χ1v) is 10.5. The summed E-state index contributed by atoms with van der Waals surface area (Å²) in [5.74, 6) is 2.89. The molecular formula is C25H24N4O3. The Morgan fingerprint density at radius 3 is 2.72 bits per heavy atom. The van der Waals surface area contributed by atoms with Crippen LogP contribution in [-0.2, 0) is 4.79 Å². The Morgan fingerprint density at radius 2 is 1.97 bits per heavy atom. The average molecular weight is 428 g/mol. The maximum Gasteiger partial charge on any atom is 0.295 e. The van der Waals surface area contributed by atoms with Gasteiger partial charge in [-0.25, -0.2) is 9.97 Å². The zero-order valence-electron chi connectivity index (χ0n) is 18.0. The van der Waals surface area contributed by atoms with Crippen LogP contribution < -0.4 is 15.4 Å². The number of carbonyl (C=O) groups is 2. The highest BCUT2D eigenvalue weighted by Gasteiger charge is 2.28. The molecule has 1 aliphatic rings. The van der Waals surface area contributed by atoms with Crippen LogP contribution in [0.3, 0.4) is 0 Å². The summed E-state index contributed by atoms with van der Waals surface area (Å²) in [6, 6.07) is 11.2. The predicted octanol–water partition coefficient (Wildman–Crippen LogP) is 3.59. The molecule has 32 heavy (non-hydrogen) atoms. The molecule has 1 heterocycles. The Labute approximate surface area is 186 Å². The molecule has 162 valence electrons. The molecule has 1 aromatic heterocycles. The zero-order valence-corrected chi connectivity index (χ0v) is 18.0. The van der Waals surface area contributed by atoms with E-state index in [2.05, 4.69) is 26.5 Å². The standard InChI is InChI=1S/C25H24N4O3/c1-4-24(31)27-21-6-5-7-22(21)29-25-26-14-18-12-17(8-10-20(18)28-25)19-13-16(15(2)30)9-11-23(19)32-3/h1,8-14,21-22H,5-7H2,2-3H3,(H,27,31)(H,26,28,29)/t21-,22+/m0/s1. The fourth-order valence-electron chi connectivity index (χ4n) is 4.10. The molecule has 2 N–H and O–H groups in total. The van der Waals surface area contributed by atoms with Gasteiger partial charge in [0.2, 0.25) is 5.95 Å². The van der Waals surface area contributed by atoms with Crippen LogP contribution in [0, 0.1) is 12.3 Å². The molecule has 0 radical (unpaired) electrons. The number of nitrogens with zero attached hydrogens (tertiary/aromatic N) is 2. The highest BCUT2D eigenvalue weighted by molar-refractivity contribution is 5.96. The molecule has 1 amide bonds. The van der Waals surface area contributed by atoms with E-state index in [4.69, 9.17) is 11.2 Å². The second-order valence-electron chi connectivity index (χ2n) is 7.84. The van der Waals surface area contributed by atoms with Crippen molar-refractivity contribution < 1.29 is 14.3 Å². The van der Waals surface area contributed by atoms with E-state index < -0.39 is 5.91 Å². The topological polar surface area (TPSA) is 93.2 Å². The number of ketones is 1. The van der Waals surface area contributed by atoms with Gasteiger partial charge in [-0.05, 0) is 68.0 Å². The van der Waals surface area contributed by atoms with Gasteiger partial charge in [0.1, 0.15) is 5.75 Å². The summed E-state index contributed by atoms with van der Waals surface area (Å²) in [5.41, 5.74) is 3.16. The van der Waals surface area contributed by atoms with Crippen LogP contribution in [-0.4, -0.2) is 40.9 Å². The van der Waals surface area contributed by atoms with Gasteiger partial charge >= 0.3 is 0 Å². The predicted molar refractivity (Wildman–Crippen MR) is 124 cm³/mol. The van der Waals surface area contributed by atoms with Crippen molar-refractivity contribution in [2.45, 2.75) is 38.3 Å². The molecule has 1 saturated carbocycles. The Kier molecular flexibility index (Phi) is 6.04. The SMILES string of the molecule is C#CC(=O)N[C@H]1CCC[C@H]1Nc1ncc2cc(-c3cc(C(C)=O)ccc3OC)ccc2n1. The summed E-state index contributed by atoms with van der Waals surface area (Å²) in [4.78, 5) is 32.5. The second kappa shape index (κ2) is 9.06. The first-order chi connectivity index (χ1) is 15.5. The van der Waals surface area contributed by atoms with E-state index in [1.165, 1.54) is 0 Å². The number of ether oxygens (including phenoxy) is 1. The summed E-state index contributed by atoms with van der Waals surface area (Å²) >= 11 is 0. The van der Waals surface area contributed by atoms with E-state index in [1.54, 1.807) is 32.4 Å². The van der Waals surface area contributed by atoms with E-state index in [-0.39, 0.29) is 17.9 Å². The Bertz CT molecular complexity index is 1230. The average Bonchev–Trinajstić information content (AvgIpc) is 3.24. The Balaban J connectivity index is 1.60. The van der Waals surface area contributed by atoms with Crippen molar-refractivity contribution in [1.82, 2.24) is 15.3 Å². The monoisotopic (exact) mass is 428 g/mol. The number of hydrogen-bond donors (Lipinski definition) is 2. The minimum atomic E-state index is -0.403. The van der Waals surface area contributed by atoms with E-state index in [9.17, 15) is 9.59 Å². The van der Waals surface area contributed by atoms with E-state index in [0.29, 0.717) is 17.3 Å². The molecule has 0 bridgehead atoms. The van der Waals surface area contributed by atoms with Crippen LogP contribution in [0.15, 0.2) is 42.6 Å². The van der Waals surface area contributed by atoms with Crippen LogP contribution in [0.25, 0.3) is 22.0 Å². The van der Waals surface area contributed by atoms with Crippen molar-refractivity contribution in [2.24, 2.45) is 0 Å². The highest BCUT2D eigenvalue weighted by atomic mass is 16.5. The minimum Gasteiger partial charge on any atom is -0.496 e. The molecule has 7 heteroatoms. The molecule has 0 aliphatic heterocycles. The molecule has 0 spiro atoms. The first-order valence-electron chi connectivity index (χ1n) is 10.5. The summed E-state index contributed by atoms with van der Waals surface area (Å²) in [6.45, 7) is 1.54. The number of rotatable bonds is 6. The molecule has 2 atom stereocenters. The van der Waals surface area contributed by atoms with Gasteiger partial charge in [-0.2, -0.15) is 0 Å². The molecule has 4 rings (SSSR count). The molecule has 0 unspecified atom stereocenters. The Morgan fingerprint density at radius 1 is 1.16 bits per heavy atom. The number of Topliss-reactive ketones (excluding diaryl/α,β-unsaturated/α-hetero) is 1. The van der Waals surface area contributed by atoms with Crippen molar-refractivity contribution in [3.8, 4) is 29.2 Å². The van der Waals surface area contributed by atoms with Crippen molar-refractivity contribution in [3.63, 3.8) is 0 Å². The molecular weight excluding hydrogens is 404 g/mol. The molecule has 1 aliphatic carbocycles. The van der Waals surface area contributed by atoms with E-state index >= 15 is 0 Å². The number of fused-ring (bicyclic) bond motifs is 1. The number of anilines is 1. The van der Waals surface area contributed by atoms with Crippen LogP contribution in [0.5, 0.6) is 5.75 Å². The normalized spacial score (nSPS) is 17.5. The summed E-state index contributed by atoms with van der Waals surface area (Å²) in [7, 11) is 1.61.